The summed E-state index contributed by atoms with van der Waals surface area (Å²) in [6, 6.07) is 7.05. The number of hydrogen-bond donors (Lipinski definition) is 2. The van der Waals surface area contributed by atoms with Crippen molar-refractivity contribution in [3.05, 3.63) is 47.0 Å². The average molecular weight is 457 g/mol. The van der Waals surface area contributed by atoms with Crippen LogP contribution in [0.25, 0.3) is 0 Å². The summed E-state index contributed by atoms with van der Waals surface area (Å²) < 4.78 is 42.3. The summed E-state index contributed by atoms with van der Waals surface area (Å²) in [4.78, 5) is 24.7. The zero-order valence-corrected chi connectivity index (χ0v) is 18.3. The van der Waals surface area contributed by atoms with Crippen molar-refractivity contribution in [3.8, 4) is 11.5 Å². The second kappa shape index (κ2) is 9.79. The van der Waals surface area contributed by atoms with Gasteiger partial charge >= 0.3 is 5.97 Å². The van der Waals surface area contributed by atoms with E-state index >= 15 is 0 Å². The number of nitrogens with one attached hydrogen (secondary N) is 2. The molecule has 1 atom stereocenters. The van der Waals surface area contributed by atoms with Gasteiger partial charge in [-0.3, -0.25) is 4.79 Å². The molecule has 162 valence electrons. The minimum Gasteiger partial charge on any atom is -0.493 e. The molecule has 2 rings (SSSR count). The number of amides is 1. The highest BCUT2D eigenvalue weighted by atomic mass is 35.5. The molecule has 0 aliphatic heterocycles. The molecule has 0 aliphatic carbocycles. The molecule has 0 unspecified atom stereocenters. The first-order chi connectivity index (χ1) is 14.1. The number of ether oxygens (including phenoxy) is 3. The minimum atomic E-state index is -3.97. The Bertz CT molecular complexity index is 1040. The fraction of sp³-hybridized carbons (Fsp3) is 0.263. The number of halogens is 1. The van der Waals surface area contributed by atoms with E-state index in [1.807, 2.05) is 0 Å². The number of carbonyl (C=O) groups is 2. The van der Waals surface area contributed by atoms with Gasteiger partial charge in [0.25, 0.3) is 0 Å². The molecular formula is C19H21ClN2O7S. The Morgan fingerprint density at radius 1 is 1.00 bits per heavy atom. The molecule has 30 heavy (non-hydrogen) atoms. The van der Waals surface area contributed by atoms with Crippen LogP contribution in [-0.4, -0.2) is 47.7 Å². The highest BCUT2D eigenvalue weighted by Crippen LogP contribution is 2.33. The molecule has 2 aromatic rings. The van der Waals surface area contributed by atoms with Crippen molar-refractivity contribution in [3.63, 3.8) is 0 Å². The van der Waals surface area contributed by atoms with E-state index in [1.54, 1.807) is 0 Å². The first-order valence-electron chi connectivity index (χ1n) is 8.56. The van der Waals surface area contributed by atoms with E-state index in [4.69, 9.17) is 25.8 Å². The Balaban J connectivity index is 2.27. The normalized spacial score (nSPS) is 12.0. The molecule has 11 heteroatoms. The molecule has 2 N–H and O–H groups in total. The molecule has 2 aromatic carbocycles. The summed E-state index contributed by atoms with van der Waals surface area (Å²) in [5.74, 6) is -0.909. The van der Waals surface area contributed by atoms with E-state index in [0.29, 0.717) is 5.02 Å². The van der Waals surface area contributed by atoms with Crippen LogP contribution >= 0.6 is 11.6 Å². The van der Waals surface area contributed by atoms with Crippen LogP contribution in [-0.2, 0) is 19.6 Å². The van der Waals surface area contributed by atoms with Gasteiger partial charge in [-0.25, -0.2) is 13.2 Å². The van der Waals surface area contributed by atoms with E-state index in [-0.39, 0.29) is 27.6 Å². The quantitative estimate of drug-likeness (QED) is 0.585. The number of anilines is 1. The summed E-state index contributed by atoms with van der Waals surface area (Å²) >= 11 is 5.77. The molecule has 1 amide bonds. The van der Waals surface area contributed by atoms with E-state index in [1.165, 1.54) is 64.7 Å². The topological polar surface area (TPSA) is 120 Å². The van der Waals surface area contributed by atoms with Crippen LogP contribution in [0, 0.1) is 0 Å². The maximum atomic E-state index is 12.6. The summed E-state index contributed by atoms with van der Waals surface area (Å²) in [7, 11) is 0.000656. The third-order valence-electron chi connectivity index (χ3n) is 4.04. The predicted octanol–water partition coefficient (Wildman–Crippen LogP) is 2.45. The third-order valence-corrected chi connectivity index (χ3v) is 5.84. The van der Waals surface area contributed by atoms with Gasteiger partial charge in [-0.15, -0.1) is 0 Å². The van der Waals surface area contributed by atoms with Gasteiger partial charge in [0.1, 0.15) is 0 Å². The number of benzene rings is 2. The zero-order chi connectivity index (χ0) is 22.5. The van der Waals surface area contributed by atoms with Gasteiger partial charge in [-0.2, -0.15) is 4.72 Å². The molecule has 9 nitrogen and oxygen atoms in total. The molecule has 0 aliphatic rings. The van der Waals surface area contributed by atoms with Crippen molar-refractivity contribution in [1.82, 2.24) is 4.72 Å². The van der Waals surface area contributed by atoms with E-state index in [0.717, 1.165) is 0 Å². The average Bonchev–Trinajstić information content (AvgIpc) is 2.72. The van der Waals surface area contributed by atoms with Crippen molar-refractivity contribution in [2.75, 3.05) is 26.6 Å². The second-order valence-electron chi connectivity index (χ2n) is 6.03. The summed E-state index contributed by atoms with van der Waals surface area (Å²) in [6.07, 6.45) is 0. The largest absolute Gasteiger partial charge is 0.493 e. The molecule has 0 heterocycles. The van der Waals surface area contributed by atoms with Crippen molar-refractivity contribution in [2.24, 2.45) is 0 Å². The summed E-state index contributed by atoms with van der Waals surface area (Å²) in [5, 5.41) is 2.89. The summed E-state index contributed by atoms with van der Waals surface area (Å²) in [5.41, 5.74) is 0.0818. The number of rotatable bonds is 8. The van der Waals surface area contributed by atoms with Gasteiger partial charge in [0.15, 0.2) is 11.5 Å². The monoisotopic (exact) mass is 456 g/mol. The highest BCUT2D eigenvalue weighted by molar-refractivity contribution is 7.89. The van der Waals surface area contributed by atoms with Crippen molar-refractivity contribution >= 4 is 39.2 Å². The molecule has 0 spiro atoms. The fourth-order valence-electron chi connectivity index (χ4n) is 2.47. The van der Waals surface area contributed by atoms with E-state index in [9.17, 15) is 18.0 Å². The predicted molar refractivity (Wildman–Crippen MR) is 111 cm³/mol. The highest BCUT2D eigenvalue weighted by Gasteiger charge is 2.25. The number of esters is 1. The van der Waals surface area contributed by atoms with Crippen LogP contribution in [0.5, 0.6) is 11.5 Å². The maximum Gasteiger partial charge on any atom is 0.340 e. The first kappa shape index (κ1) is 23.5. The lowest BCUT2D eigenvalue weighted by molar-refractivity contribution is -0.117. The molecule has 0 saturated carbocycles. The first-order valence-corrected chi connectivity index (χ1v) is 10.4. The van der Waals surface area contributed by atoms with Crippen LogP contribution in [0.1, 0.15) is 17.3 Å². The van der Waals surface area contributed by atoms with Gasteiger partial charge < -0.3 is 19.5 Å². The van der Waals surface area contributed by atoms with E-state index < -0.39 is 27.9 Å². The number of sulfonamides is 1. The Kier molecular flexibility index (Phi) is 7.65. The summed E-state index contributed by atoms with van der Waals surface area (Å²) in [6.45, 7) is 1.36. The Hall–Kier alpha value is -2.82. The van der Waals surface area contributed by atoms with E-state index in [2.05, 4.69) is 10.0 Å². The Labute approximate surface area is 179 Å². The van der Waals surface area contributed by atoms with Gasteiger partial charge in [0.2, 0.25) is 15.9 Å². The lowest BCUT2D eigenvalue weighted by atomic mass is 10.1. The van der Waals surface area contributed by atoms with Crippen LogP contribution in [0.2, 0.25) is 5.02 Å². The van der Waals surface area contributed by atoms with Crippen LogP contribution in [0.15, 0.2) is 41.3 Å². The van der Waals surface area contributed by atoms with Crippen LogP contribution in [0.3, 0.4) is 0 Å². The number of hydrogen-bond acceptors (Lipinski definition) is 7. The number of carbonyl (C=O) groups excluding carboxylic acids is 2. The zero-order valence-electron chi connectivity index (χ0n) is 16.7. The van der Waals surface area contributed by atoms with Crippen molar-refractivity contribution in [2.45, 2.75) is 17.9 Å². The second-order valence-corrected chi connectivity index (χ2v) is 8.18. The van der Waals surface area contributed by atoms with Crippen molar-refractivity contribution < 1.29 is 32.2 Å². The SMILES string of the molecule is COC(=O)c1cc(OC)c(OC)cc1NC(=O)[C@@H](C)NS(=O)(=O)c1ccc(Cl)cc1. The van der Waals surface area contributed by atoms with Gasteiger partial charge in [-0.05, 0) is 31.2 Å². The maximum absolute atomic E-state index is 12.6. The Morgan fingerprint density at radius 3 is 2.10 bits per heavy atom. The molecule has 0 aromatic heterocycles. The van der Waals surface area contributed by atoms with Gasteiger partial charge in [-0.1, -0.05) is 11.6 Å². The molecule has 0 saturated heterocycles. The standard InChI is InChI=1S/C19H21ClN2O7S/c1-11(22-30(25,26)13-7-5-12(20)6-8-13)18(23)21-15-10-17(28-3)16(27-2)9-14(15)19(24)29-4/h5-11,22H,1-4H3,(H,21,23)/t11-/m1/s1. The van der Waals surface area contributed by atoms with Crippen LogP contribution < -0.4 is 19.5 Å². The van der Waals surface area contributed by atoms with Gasteiger partial charge in [0.05, 0.1) is 43.5 Å². The smallest absolute Gasteiger partial charge is 0.340 e. The molecule has 0 bridgehead atoms. The lowest BCUT2D eigenvalue weighted by Gasteiger charge is -2.17. The molecule has 0 fully saturated rings. The third kappa shape index (κ3) is 5.41. The van der Waals surface area contributed by atoms with Crippen LogP contribution in [0.4, 0.5) is 5.69 Å². The van der Waals surface area contributed by atoms with Gasteiger partial charge in [0, 0.05) is 17.2 Å². The molecule has 0 radical (unpaired) electrons. The lowest BCUT2D eigenvalue weighted by Crippen LogP contribution is -2.41. The fourth-order valence-corrected chi connectivity index (χ4v) is 3.80. The minimum absolute atomic E-state index is 0.0104. The number of methoxy groups -OCH3 is 3. The Morgan fingerprint density at radius 2 is 1.57 bits per heavy atom. The van der Waals surface area contributed by atoms with Crippen molar-refractivity contribution in [1.29, 1.82) is 0 Å². The molecular weight excluding hydrogens is 436 g/mol.